The third-order valence-electron chi connectivity index (χ3n) is 3.29. The summed E-state index contributed by atoms with van der Waals surface area (Å²) in [4.78, 5) is 7.35. The zero-order chi connectivity index (χ0) is 17.3. The Balaban J connectivity index is 1.92. The maximum Gasteiger partial charge on any atom is 0.433 e. The van der Waals surface area contributed by atoms with Crippen LogP contribution in [0.3, 0.4) is 0 Å². The summed E-state index contributed by atoms with van der Waals surface area (Å²) in [6.07, 6.45) is -1.61. The molecular weight excluding hydrogens is 319 g/mol. The van der Waals surface area contributed by atoms with Crippen molar-refractivity contribution in [2.75, 3.05) is 5.32 Å². The quantitative estimate of drug-likeness (QED) is 0.788. The highest BCUT2D eigenvalue weighted by Gasteiger charge is 2.32. The Bertz CT molecular complexity index is 870. The van der Waals surface area contributed by atoms with E-state index in [1.165, 1.54) is 0 Å². The summed E-state index contributed by atoms with van der Waals surface area (Å²) in [6.45, 7) is 1.89. The molecule has 0 radical (unpaired) electrons. The predicted molar refractivity (Wildman–Crippen MR) is 83.7 cm³/mol. The molecule has 0 saturated carbocycles. The van der Waals surface area contributed by atoms with Gasteiger partial charge in [-0.3, -0.25) is 4.68 Å². The van der Waals surface area contributed by atoms with Crippen molar-refractivity contribution in [3.05, 3.63) is 54.0 Å². The second kappa shape index (κ2) is 5.95. The summed E-state index contributed by atoms with van der Waals surface area (Å²) in [5.74, 6) is -0.109. The van der Waals surface area contributed by atoms with Gasteiger partial charge in [0, 0.05) is 30.7 Å². The number of nitrogens with zero attached hydrogens (tertiary/aromatic N) is 4. The molecule has 124 valence electrons. The van der Waals surface area contributed by atoms with Crippen LogP contribution >= 0.6 is 0 Å². The van der Waals surface area contributed by atoms with Crippen molar-refractivity contribution in [2.24, 2.45) is 7.05 Å². The van der Waals surface area contributed by atoms with Gasteiger partial charge in [-0.15, -0.1) is 0 Å². The van der Waals surface area contributed by atoms with Crippen molar-refractivity contribution in [1.82, 2.24) is 19.7 Å². The highest BCUT2D eigenvalue weighted by molar-refractivity contribution is 5.68. The number of aromatic nitrogens is 4. The van der Waals surface area contributed by atoms with Gasteiger partial charge in [0.1, 0.15) is 5.69 Å². The number of nitrogens with one attached hydrogen (secondary N) is 1. The van der Waals surface area contributed by atoms with Crippen LogP contribution in [0, 0.1) is 6.92 Å². The van der Waals surface area contributed by atoms with Gasteiger partial charge in [-0.2, -0.15) is 18.3 Å². The molecule has 2 aromatic heterocycles. The van der Waals surface area contributed by atoms with Gasteiger partial charge in [0.05, 0.1) is 5.69 Å². The lowest BCUT2D eigenvalue weighted by Gasteiger charge is -2.10. The lowest BCUT2D eigenvalue weighted by atomic mass is 10.1. The second-order valence-corrected chi connectivity index (χ2v) is 5.35. The molecule has 0 aliphatic carbocycles. The normalized spacial score (nSPS) is 11.5. The zero-order valence-electron chi connectivity index (χ0n) is 13.0. The van der Waals surface area contributed by atoms with Crippen molar-refractivity contribution >= 4 is 11.6 Å². The fourth-order valence-corrected chi connectivity index (χ4v) is 2.28. The van der Waals surface area contributed by atoms with E-state index in [-0.39, 0.29) is 5.95 Å². The molecule has 0 aliphatic rings. The molecule has 3 rings (SSSR count). The van der Waals surface area contributed by atoms with E-state index in [4.69, 9.17) is 0 Å². The van der Waals surface area contributed by atoms with Gasteiger partial charge in [-0.1, -0.05) is 0 Å². The van der Waals surface area contributed by atoms with E-state index in [1.54, 1.807) is 16.8 Å². The Hall–Kier alpha value is -2.90. The zero-order valence-corrected chi connectivity index (χ0v) is 13.0. The number of halogens is 3. The van der Waals surface area contributed by atoms with Crippen molar-refractivity contribution in [3.8, 4) is 11.3 Å². The Morgan fingerprint density at radius 1 is 1.12 bits per heavy atom. The van der Waals surface area contributed by atoms with E-state index >= 15 is 0 Å². The first-order valence-electron chi connectivity index (χ1n) is 7.10. The standard InChI is InChI=1S/C16H14F3N5/c1-10-7-11(13-4-6-24(2)23-13)9-12(8-10)21-15-20-5-3-14(22-15)16(17,18)19/h3-9H,1-2H3,(H,20,21,22). The Morgan fingerprint density at radius 3 is 2.58 bits per heavy atom. The lowest BCUT2D eigenvalue weighted by molar-refractivity contribution is -0.141. The third-order valence-corrected chi connectivity index (χ3v) is 3.29. The number of rotatable bonds is 3. The number of alkyl halides is 3. The molecule has 0 amide bonds. The van der Waals surface area contributed by atoms with Crippen LogP contribution in [0.25, 0.3) is 11.3 Å². The van der Waals surface area contributed by atoms with Gasteiger partial charge in [-0.05, 0) is 42.8 Å². The van der Waals surface area contributed by atoms with Crippen molar-refractivity contribution < 1.29 is 13.2 Å². The molecule has 5 nitrogen and oxygen atoms in total. The van der Waals surface area contributed by atoms with E-state index in [9.17, 15) is 13.2 Å². The van der Waals surface area contributed by atoms with E-state index in [0.717, 1.165) is 29.1 Å². The minimum absolute atomic E-state index is 0.109. The fraction of sp³-hybridized carbons (Fsp3) is 0.188. The summed E-state index contributed by atoms with van der Waals surface area (Å²) < 4.78 is 39.9. The Kier molecular flexibility index (Phi) is 3.96. The highest BCUT2D eigenvalue weighted by Crippen LogP contribution is 2.29. The molecule has 0 aliphatic heterocycles. The maximum absolute atomic E-state index is 12.7. The van der Waals surface area contributed by atoms with Gasteiger partial charge < -0.3 is 5.32 Å². The average Bonchev–Trinajstić information content (AvgIpc) is 2.93. The van der Waals surface area contributed by atoms with Gasteiger partial charge >= 0.3 is 6.18 Å². The van der Waals surface area contributed by atoms with Gasteiger partial charge in [0.15, 0.2) is 0 Å². The summed E-state index contributed by atoms with van der Waals surface area (Å²) in [5, 5.41) is 7.14. The van der Waals surface area contributed by atoms with Crippen LogP contribution in [0.2, 0.25) is 0 Å². The number of aryl methyl sites for hydroxylation is 2. The van der Waals surface area contributed by atoms with E-state index in [1.807, 2.05) is 32.3 Å². The molecule has 0 atom stereocenters. The van der Waals surface area contributed by atoms with Crippen LogP contribution < -0.4 is 5.32 Å². The molecular formula is C16H14F3N5. The molecule has 0 bridgehead atoms. The van der Waals surface area contributed by atoms with Crippen LogP contribution in [-0.2, 0) is 13.2 Å². The van der Waals surface area contributed by atoms with Crippen molar-refractivity contribution in [2.45, 2.75) is 13.1 Å². The molecule has 0 fully saturated rings. The molecule has 0 unspecified atom stereocenters. The smallest absolute Gasteiger partial charge is 0.324 e. The van der Waals surface area contributed by atoms with Crippen molar-refractivity contribution in [3.63, 3.8) is 0 Å². The topological polar surface area (TPSA) is 55.6 Å². The molecule has 3 aromatic rings. The first-order chi connectivity index (χ1) is 11.3. The second-order valence-electron chi connectivity index (χ2n) is 5.35. The molecule has 1 N–H and O–H groups in total. The van der Waals surface area contributed by atoms with Crippen molar-refractivity contribution in [1.29, 1.82) is 0 Å². The molecule has 8 heteroatoms. The van der Waals surface area contributed by atoms with Crippen LogP contribution in [0.4, 0.5) is 24.8 Å². The van der Waals surface area contributed by atoms with Gasteiger partial charge in [0.25, 0.3) is 0 Å². The molecule has 24 heavy (non-hydrogen) atoms. The summed E-state index contributed by atoms with van der Waals surface area (Å²) >= 11 is 0. The third kappa shape index (κ3) is 3.53. The van der Waals surface area contributed by atoms with Crippen LogP contribution in [0.5, 0.6) is 0 Å². The summed E-state index contributed by atoms with van der Waals surface area (Å²) in [7, 11) is 1.81. The summed E-state index contributed by atoms with van der Waals surface area (Å²) in [5.41, 5.74) is 2.17. The monoisotopic (exact) mass is 333 g/mol. The largest absolute Gasteiger partial charge is 0.433 e. The first-order valence-corrected chi connectivity index (χ1v) is 7.10. The SMILES string of the molecule is Cc1cc(Nc2nccc(C(F)(F)F)n2)cc(-c2ccn(C)n2)c1. The average molecular weight is 333 g/mol. The number of anilines is 2. The fourth-order valence-electron chi connectivity index (χ4n) is 2.28. The Morgan fingerprint density at radius 2 is 1.92 bits per heavy atom. The van der Waals surface area contributed by atoms with E-state index in [2.05, 4.69) is 20.4 Å². The van der Waals surface area contributed by atoms with Gasteiger partial charge in [-0.25, -0.2) is 9.97 Å². The molecule has 0 spiro atoms. The maximum atomic E-state index is 12.7. The van der Waals surface area contributed by atoms with E-state index < -0.39 is 11.9 Å². The number of hydrogen-bond acceptors (Lipinski definition) is 4. The lowest BCUT2D eigenvalue weighted by Crippen LogP contribution is -2.10. The molecule has 0 saturated heterocycles. The first kappa shape index (κ1) is 16.0. The minimum Gasteiger partial charge on any atom is -0.324 e. The summed E-state index contributed by atoms with van der Waals surface area (Å²) in [6, 6.07) is 8.23. The Labute approximate surface area is 136 Å². The predicted octanol–water partition coefficient (Wildman–Crippen LogP) is 3.95. The van der Waals surface area contributed by atoms with Crippen LogP contribution in [0.15, 0.2) is 42.7 Å². The number of hydrogen-bond donors (Lipinski definition) is 1. The van der Waals surface area contributed by atoms with Crippen LogP contribution in [-0.4, -0.2) is 19.7 Å². The minimum atomic E-state index is -4.51. The van der Waals surface area contributed by atoms with Gasteiger partial charge in [0.2, 0.25) is 5.95 Å². The molecule has 1 aromatic carbocycles. The van der Waals surface area contributed by atoms with Crippen LogP contribution in [0.1, 0.15) is 11.3 Å². The highest BCUT2D eigenvalue weighted by atomic mass is 19.4. The van der Waals surface area contributed by atoms with E-state index in [0.29, 0.717) is 5.69 Å². The number of benzene rings is 1. The molecule has 2 heterocycles.